The highest BCUT2D eigenvalue weighted by molar-refractivity contribution is 7.80. The lowest BCUT2D eigenvalue weighted by Crippen LogP contribution is -2.44. The Morgan fingerprint density at radius 1 is 1.35 bits per heavy atom. The fourth-order valence-corrected chi connectivity index (χ4v) is 2.64. The first-order valence-corrected chi connectivity index (χ1v) is 6.78. The van der Waals surface area contributed by atoms with Gasteiger partial charge in [-0.15, -0.1) is 0 Å². The molecule has 0 aliphatic carbocycles. The SMILES string of the molecule is C[C@H]1CCCCN1C(=S)Nc1ccc(Cl)cc1. The lowest BCUT2D eigenvalue weighted by Gasteiger charge is -2.35. The first kappa shape index (κ1) is 12.7. The fourth-order valence-electron chi connectivity index (χ4n) is 2.13. The minimum Gasteiger partial charge on any atom is -0.346 e. The molecule has 4 heteroatoms. The van der Waals surface area contributed by atoms with E-state index in [1.54, 1.807) is 0 Å². The second kappa shape index (κ2) is 5.69. The maximum Gasteiger partial charge on any atom is 0.173 e. The van der Waals surface area contributed by atoms with E-state index in [0.29, 0.717) is 6.04 Å². The Morgan fingerprint density at radius 3 is 2.71 bits per heavy atom. The average Bonchev–Trinajstić information content (AvgIpc) is 2.32. The molecule has 1 aliphatic rings. The number of hydrogen-bond donors (Lipinski definition) is 1. The molecule has 0 bridgehead atoms. The zero-order valence-corrected chi connectivity index (χ0v) is 11.5. The molecule has 2 nitrogen and oxygen atoms in total. The van der Waals surface area contributed by atoms with Gasteiger partial charge in [-0.2, -0.15) is 0 Å². The number of hydrogen-bond acceptors (Lipinski definition) is 1. The van der Waals surface area contributed by atoms with Crippen LogP contribution < -0.4 is 5.32 Å². The van der Waals surface area contributed by atoms with Crippen LogP contribution in [0.4, 0.5) is 5.69 Å². The van der Waals surface area contributed by atoms with Crippen molar-refractivity contribution in [2.75, 3.05) is 11.9 Å². The van der Waals surface area contributed by atoms with Crippen molar-refractivity contribution in [2.24, 2.45) is 0 Å². The summed E-state index contributed by atoms with van der Waals surface area (Å²) in [6.45, 7) is 3.29. The number of piperidine rings is 1. The number of rotatable bonds is 1. The summed E-state index contributed by atoms with van der Waals surface area (Å²) in [5, 5.41) is 4.83. The Bertz CT molecular complexity index is 391. The summed E-state index contributed by atoms with van der Waals surface area (Å²) in [5.74, 6) is 0. The van der Waals surface area contributed by atoms with Crippen LogP contribution in [0, 0.1) is 0 Å². The summed E-state index contributed by atoms with van der Waals surface area (Å²) in [7, 11) is 0. The molecule has 1 saturated heterocycles. The predicted octanol–water partition coefficient (Wildman–Crippen LogP) is 3.91. The van der Waals surface area contributed by atoms with Gasteiger partial charge in [0.25, 0.3) is 0 Å². The Balaban J connectivity index is 1.98. The molecule has 0 spiro atoms. The molecule has 1 aromatic carbocycles. The quantitative estimate of drug-likeness (QED) is 0.778. The molecule has 0 unspecified atom stereocenters. The van der Waals surface area contributed by atoms with E-state index in [9.17, 15) is 0 Å². The van der Waals surface area contributed by atoms with Gasteiger partial charge in [-0.3, -0.25) is 0 Å². The topological polar surface area (TPSA) is 15.3 Å². The van der Waals surface area contributed by atoms with E-state index in [1.807, 2.05) is 24.3 Å². The van der Waals surface area contributed by atoms with E-state index in [-0.39, 0.29) is 0 Å². The third-order valence-corrected chi connectivity index (χ3v) is 3.75. The normalized spacial score (nSPS) is 20.1. The molecule has 1 heterocycles. The maximum absolute atomic E-state index is 5.85. The molecule has 0 saturated carbocycles. The highest BCUT2D eigenvalue weighted by Gasteiger charge is 2.20. The van der Waals surface area contributed by atoms with Gasteiger partial charge in [-0.25, -0.2) is 0 Å². The van der Waals surface area contributed by atoms with Crippen molar-refractivity contribution >= 4 is 34.6 Å². The van der Waals surface area contributed by atoms with Gasteiger partial charge in [0.1, 0.15) is 0 Å². The second-order valence-corrected chi connectivity index (χ2v) is 5.30. The zero-order chi connectivity index (χ0) is 12.3. The zero-order valence-electron chi connectivity index (χ0n) is 9.95. The van der Waals surface area contributed by atoms with E-state index >= 15 is 0 Å². The van der Waals surface area contributed by atoms with Gasteiger partial charge in [0, 0.05) is 23.3 Å². The van der Waals surface area contributed by atoms with Crippen LogP contribution in [-0.4, -0.2) is 22.6 Å². The van der Waals surface area contributed by atoms with E-state index in [1.165, 1.54) is 19.3 Å². The van der Waals surface area contributed by atoms with Gasteiger partial charge in [0.2, 0.25) is 0 Å². The van der Waals surface area contributed by atoms with Crippen LogP contribution in [0.25, 0.3) is 0 Å². The number of halogens is 1. The lowest BCUT2D eigenvalue weighted by atomic mass is 10.0. The van der Waals surface area contributed by atoms with Crippen LogP contribution >= 0.6 is 23.8 Å². The number of thiocarbonyl (C=S) groups is 1. The Labute approximate surface area is 113 Å². The molecule has 1 atom stereocenters. The molecule has 92 valence electrons. The van der Waals surface area contributed by atoms with E-state index in [0.717, 1.165) is 22.4 Å². The van der Waals surface area contributed by atoms with Crippen molar-refractivity contribution in [1.29, 1.82) is 0 Å². The summed E-state index contributed by atoms with van der Waals surface area (Å²) >= 11 is 11.3. The van der Waals surface area contributed by atoms with Crippen LogP contribution in [0.5, 0.6) is 0 Å². The number of anilines is 1. The molecule has 1 fully saturated rings. The van der Waals surface area contributed by atoms with Gasteiger partial charge >= 0.3 is 0 Å². The van der Waals surface area contributed by atoms with Crippen LogP contribution in [0.1, 0.15) is 26.2 Å². The predicted molar refractivity (Wildman–Crippen MR) is 77.7 cm³/mol. The number of nitrogens with one attached hydrogen (secondary N) is 1. The third-order valence-electron chi connectivity index (χ3n) is 3.16. The maximum atomic E-state index is 5.85. The average molecular weight is 269 g/mol. The Hall–Kier alpha value is -0.800. The van der Waals surface area contributed by atoms with Gasteiger partial charge in [-0.1, -0.05) is 11.6 Å². The van der Waals surface area contributed by atoms with Gasteiger partial charge in [-0.05, 0) is 62.7 Å². The highest BCUT2D eigenvalue weighted by Crippen LogP contribution is 2.19. The number of likely N-dealkylation sites (tertiary alicyclic amines) is 1. The third kappa shape index (κ3) is 3.33. The van der Waals surface area contributed by atoms with Crippen LogP contribution in [0.15, 0.2) is 24.3 Å². The molecule has 0 amide bonds. The summed E-state index contributed by atoms with van der Waals surface area (Å²) in [6, 6.07) is 8.17. The van der Waals surface area contributed by atoms with Crippen molar-refractivity contribution in [3.63, 3.8) is 0 Å². The van der Waals surface area contributed by atoms with E-state index in [2.05, 4.69) is 17.1 Å². The molecular formula is C13H17ClN2S. The molecular weight excluding hydrogens is 252 g/mol. The van der Waals surface area contributed by atoms with Gasteiger partial charge in [0.15, 0.2) is 5.11 Å². The highest BCUT2D eigenvalue weighted by atomic mass is 35.5. The minimum absolute atomic E-state index is 0.538. The summed E-state index contributed by atoms with van der Waals surface area (Å²) in [6.07, 6.45) is 3.76. The van der Waals surface area contributed by atoms with Crippen LogP contribution in [0.2, 0.25) is 5.02 Å². The fraction of sp³-hybridized carbons (Fsp3) is 0.462. The minimum atomic E-state index is 0.538. The molecule has 1 aromatic rings. The van der Waals surface area contributed by atoms with Crippen molar-refractivity contribution in [3.05, 3.63) is 29.3 Å². The van der Waals surface area contributed by atoms with Crippen molar-refractivity contribution < 1.29 is 0 Å². The molecule has 0 radical (unpaired) electrons. The largest absolute Gasteiger partial charge is 0.346 e. The van der Waals surface area contributed by atoms with Crippen molar-refractivity contribution in [1.82, 2.24) is 4.90 Å². The summed E-state index contributed by atoms with van der Waals surface area (Å²) in [4.78, 5) is 2.27. The van der Waals surface area contributed by atoms with Crippen molar-refractivity contribution in [3.8, 4) is 0 Å². The monoisotopic (exact) mass is 268 g/mol. The Kier molecular flexibility index (Phi) is 4.24. The molecule has 0 aromatic heterocycles. The number of benzene rings is 1. The first-order chi connectivity index (χ1) is 8.16. The van der Waals surface area contributed by atoms with Crippen LogP contribution in [0.3, 0.4) is 0 Å². The van der Waals surface area contributed by atoms with Gasteiger partial charge in [0.05, 0.1) is 0 Å². The molecule has 17 heavy (non-hydrogen) atoms. The molecule has 1 aliphatic heterocycles. The second-order valence-electron chi connectivity index (χ2n) is 4.48. The summed E-state index contributed by atoms with van der Waals surface area (Å²) in [5.41, 5.74) is 0.997. The number of nitrogens with zero attached hydrogens (tertiary/aromatic N) is 1. The summed E-state index contributed by atoms with van der Waals surface area (Å²) < 4.78 is 0. The smallest absolute Gasteiger partial charge is 0.173 e. The van der Waals surface area contributed by atoms with E-state index < -0.39 is 0 Å². The lowest BCUT2D eigenvalue weighted by molar-refractivity contribution is 0.262. The first-order valence-electron chi connectivity index (χ1n) is 6.00. The van der Waals surface area contributed by atoms with Gasteiger partial charge < -0.3 is 10.2 Å². The standard InChI is InChI=1S/C13H17ClN2S/c1-10-4-2-3-9-16(10)13(17)15-12-7-5-11(14)6-8-12/h5-8,10H,2-4,9H2,1H3,(H,15,17)/t10-/m0/s1. The van der Waals surface area contributed by atoms with Crippen LogP contribution in [-0.2, 0) is 0 Å². The Morgan fingerprint density at radius 2 is 2.06 bits per heavy atom. The van der Waals surface area contributed by atoms with E-state index in [4.69, 9.17) is 23.8 Å². The molecule has 1 N–H and O–H groups in total. The molecule has 2 rings (SSSR count). The van der Waals surface area contributed by atoms with Crippen molar-refractivity contribution in [2.45, 2.75) is 32.2 Å².